The van der Waals surface area contributed by atoms with Crippen LogP contribution >= 0.6 is 0 Å². The number of fused-ring (bicyclic) bond motifs is 1. The number of anilines is 1. The van der Waals surface area contributed by atoms with E-state index in [9.17, 15) is 0 Å². The average molecular weight is 271 g/mol. The van der Waals surface area contributed by atoms with Gasteiger partial charge in [-0.2, -0.15) is 0 Å². The zero-order chi connectivity index (χ0) is 14.5. The van der Waals surface area contributed by atoms with Crippen LogP contribution in [0.25, 0.3) is 10.8 Å². The molecular weight excluding hydrogens is 250 g/mol. The summed E-state index contributed by atoms with van der Waals surface area (Å²) >= 11 is 0. The van der Waals surface area contributed by atoms with E-state index in [1.165, 1.54) is 16.5 Å². The molecule has 0 spiro atoms. The summed E-state index contributed by atoms with van der Waals surface area (Å²) in [6.07, 6.45) is 0. The molecule has 0 aromatic heterocycles. The summed E-state index contributed by atoms with van der Waals surface area (Å²) in [6, 6.07) is 14.6. The van der Waals surface area contributed by atoms with Crippen molar-refractivity contribution in [3.63, 3.8) is 0 Å². The van der Waals surface area contributed by atoms with Crippen LogP contribution < -0.4 is 10.6 Å². The van der Waals surface area contributed by atoms with E-state index in [0.717, 1.165) is 13.1 Å². The number of nitrogens with zero attached hydrogens (tertiary/aromatic N) is 2. The van der Waals surface area contributed by atoms with Crippen LogP contribution in [0.1, 0.15) is 13.8 Å². The molecule has 0 aliphatic heterocycles. The topological polar surface area (TPSA) is 61.8 Å². The third kappa shape index (κ3) is 2.85. The summed E-state index contributed by atoms with van der Waals surface area (Å²) in [5, 5.41) is 14.3. The Morgan fingerprint density at radius 1 is 1.25 bits per heavy atom. The maximum Gasteiger partial charge on any atom is 0.143 e. The fraction of sp³-hybridized carbons (Fsp3) is 0.312. The lowest BCUT2D eigenvalue weighted by molar-refractivity contribution is 0.314. The molecule has 1 atom stereocenters. The monoisotopic (exact) mass is 271 g/mol. The fourth-order valence-corrected chi connectivity index (χ4v) is 2.40. The number of benzene rings is 2. The van der Waals surface area contributed by atoms with Gasteiger partial charge in [0.1, 0.15) is 5.84 Å². The molecule has 106 valence electrons. The number of nitrogens with two attached hydrogens (primary N) is 1. The van der Waals surface area contributed by atoms with Crippen LogP contribution in [0.4, 0.5) is 5.69 Å². The molecular formula is C16H21N3O. The lowest BCUT2D eigenvalue weighted by Crippen LogP contribution is -2.35. The summed E-state index contributed by atoms with van der Waals surface area (Å²) in [5.74, 6) is 0.266. The molecule has 0 saturated carbocycles. The highest BCUT2D eigenvalue weighted by molar-refractivity contribution is 5.94. The zero-order valence-corrected chi connectivity index (χ0v) is 12.0. The molecule has 0 amide bonds. The summed E-state index contributed by atoms with van der Waals surface area (Å²) in [4.78, 5) is 2.26. The lowest BCUT2D eigenvalue weighted by Gasteiger charge is -2.27. The van der Waals surface area contributed by atoms with Gasteiger partial charge in [-0.1, -0.05) is 48.5 Å². The number of amidine groups is 1. The van der Waals surface area contributed by atoms with Gasteiger partial charge in [0.15, 0.2) is 0 Å². The van der Waals surface area contributed by atoms with Gasteiger partial charge in [0.2, 0.25) is 0 Å². The van der Waals surface area contributed by atoms with Crippen molar-refractivity contribution in [2.24, 2.45) is 16.8 Å². The van der Waals surface area contributed by atoms with E-state index in [0.29, 0.717) is 0 Å². The Bertz CT molecular complexity index is 604. The fourth-order valence-electron chi connectivity index (χ4n) is 2.40. The van der Waals surface area contributed by atoms with Crippen LogP contribution in [0, 0.1) is 5.92 Å². The van der Waals surface area contributed by atoms with Gasteiger partial charge < -0.3 is 15.8 Å². The molecule has 0 bridgehead atoms. The van der Waals surface area contributed by atoms with Crippen molar-refractivity contribution >= 4 is 22.3 Å². The molecule has 0 radical (unpaired) electrons. The minimum Gasteiger partial charge on any atom is -0.409 e. The second-order valence-corrected chi connectivity index (χ2v) is 4.96. The Morgan fingerprint density at radius 2 is 1.95 bits per heavy atom. The Labute approximate surface area is 119 Å². The van der Waals surface area contributed by atoms with Crippen LogP contribution in [0.3, 0.4) is 0 Å². The molecule has 0 saturated heterocycles. The van der Waals surface area contributed by atoms with Crippen LogP contribution in [0.2, 0.25) is 0 Å². The third-order valence-corrected chi connectivity index (χ3v) is 3.60. The van der Waals surface area contributed by atoms with Gasteiger partial charge in [-0.25, -0.2) is 0 Å². The van der Waals surface area contributed by atoms with E-state index < -0.39 is 0 Å². The van der Waals surface area contributed by atoms with E-state index in [1.54, 1.807) is 0 Å². The van der Waals surface area contributed by atoms with Gasteiger partial charge in [0, 0.05) is 30.1 Å². The van der Waals surface area contributed by atoms with Crippen LogP contribution in [0.5, 0.6) is 0 Å². The van der Waals surface area contributed by atoms with Gasteiger partial charge in [-0.3, -0.25) is 0 Å². The summed E-state index contributed by atoms with van der Waals surface area (Å²) in [5.41, 5.74) is 6.87. The zero-order valence-electron chi connectivity index (χ0n) is 12.0. The number of hydrogen-bond acceptors (Lipinski definition) is 3. The van der Waals surface area contributed by atoms with Crippen molar-refractivity contribution in [2.75, 3.05) is 18.0 Å². The summed E-state index contributed by atoms with van der Waals surface area (Å²) < 4.78 is 0. The van der Waals surface area contributed by atoms with Crippen LogP contribution in [-0.2, 0) is 0 Å². The maximum atomic E-state index is 8.78. The molecule has 2 aromatic rings. The van der Waals surface area contributed by atoms with E-state index in [1.807, 2.05) is 19.1 Å². The van der Waals surface area contributed by atoms with E-state index in [4.69, 9.17) is 10.9 Å². The van der Waals surface area contributed by atoms with Gasteiger partial charge in [-0.05, 0) is 18.4 Å². The first-order chi connectivity index (χ1) is 9.67. The normalized spacial score (nSPS) is 13.4. The predicted molar refractivity (Wildman–Crippen MR) is 84.4 cm³/mol. The van der Waals surface area contributed by atoms with Crippen LogP contribution in [0.15, 0.2) is 47.6 Å². The second-order valence-electron chi connectivity index (χ2n) is 4.96. The number of hydrogen-bond donors (Lipinski definition) is 2. The molecule has 4 nitrogen and oxygen atoms in total. The minimum atomic E-state index is -0.00100. The number of oxime groups is 1. The van der Waals surface area contributed by atoms with Crippen molar-refractivity contribution in [1.82, 2.24) is 0 Å². The van der Waals surface area contributed by atoms with Crippen molar-refractivity contribution in [1.29, 1.82) is 0 Å². The largest absolute Gasteiger partial charge is 0.409 e. The van der Waals surface area contributed by atoms with E-state index >= 15 is 0 Å². The van der Waals surface area contributed by atoms with Crippen LogP contribution in [-0.4, -0.2) is 24.1 Å². The molecule has 20 heavy (non-hydrogen) atoms. The van der Waals surface area contributed by atoms with Gasteiger partial charge in [-0.15, -0.1) is 0 Å². The molecule has 3 N–H and O–H groups in total. The van der Waals surface area contributed by atoms with E-state index in [2.05, 4.69) is 47.3 Å². The van der Waals surface area contributed by atoms with Gasteiger partial charge in [0.05, 0.1) is 0 Å². The molecule has 0 aliphatic carbocycles. The smallest absolute Gasteiger partial charge is 0.143 e. The molecule has 2 aromatic carbocycles. The van der Waals surface area contributed by atoms with Crippen molar-refractivity contribution in [3.05, 3.63) is 42.5 Å². The minimum absolute atomic E-state index is 0.00100. The van der Waals surface area contributed by atoms with Crippen molar-refractivity contribution < 1.29 is 5.21 Å². The first-order valence-corrected chi connectivity index (χ1v) is 6.87. The standard InChI is InChI=1S/C16H21N3O/c1-3-19(11-12(2)16(17)18-20)15-10-6-8-13-7-4-5-9-14(13)15/h4-10,12,20H,3,11H2,1-2H3,(H2,17,18). The highest BCUT2D eigenvalue weighted by Crippen LogP contribution is 2.27. The van der Waals surface area contributed by atoms with E-state index in [-0.39, 0.29) is 11.8 Å². The highest BCUT2D eigenvalue weighted by atomic mass is 16.4. The Balaban J connectivity index is 2.35. The SMILES string of the molecule is CCN(CC(C)/C(N)=N/O)c1cccc2ccccc12. The molecule has 4 heteroatoms. The van der Waals surface area contributed by atoms with Gasteiger partial charge >= 0.3 is 0 Å². The van der Waals surface area contributed by atoms with Crippen molar-refractivity contribution in [2.45, 2.75) is 13.8 Å². The quantitative estimate of drug-likeness (QED) is 0.380. The summed E-state index contributed by atoms with van der Waals surface area (Å²) in [6.45, 7) is 5.67. The maximum absolute atomic E-state index is 8.78. The third-order valence-electron chi connectivity index (χ3n) is 3.60. The van der Waals surface area contributed by atoms with Crippen molar-refractivity contribution in [3.8, 4) is 0 Å². The van der Waals surface area contributed by atoms with Gasteiger partial charge in [0.25, 0.3) is 0 Å². The highest BCUT2D eigenvalue weighted by Gasteiger charge is 2.14. The first-order valence-electron chi connectivity index (χ1n) is 6.87. The molecule has 2 rings (SSSR count). The molecule has 0 fully saturated rings. The predicted octanol–water partition coefficient (Wildman–Crippen LogP) is 3.05. The molecule has 0 heterocycles. The average Bonchev–Trinajstić information content (AvgIpc) is 2.51. The molecule has 0 aliphatic rings. The Morgan fingerprint density at radius 3 is 2.65 bits per heavy atom. The lowest BCUT2D eigenvalue weighted by atomic mass is 10.1. The Hall–Kier alpha value is -2.23. The number of rotatable bonds is 5. The Kier molecular flexibility index (Phi) is 4.45. The second kappa shape index (κ2) is 6.28. The summed E-state index contributed by atoms with van der Waals surface area (Å²) in [7, 11) is 0. The first kappa shape index (κ1) is 14.2. The molecule has 1 unspecified atom stereocenters.